The summed E-state index contributed by atoms with van der Waals surface area (Å²) in [5.74, 6) is -0.690. The van der Waals surface area contributed by atoms with Crippen LogP contribution < -0.4 is 10.6 Å². The topological polar surface area (TPSA) is 66.9 Å². The van der Waals surface area contributed by atoms with Gasteiger partial charge in [0.15, 0.2) is 11.6 Å². The van der Waals surface area contributed by atoms with Crippen molar-refractivity contribution < 1.29 is 9.18 Å². The second-order valence-electron chi connectivity index (χ2n) is 5.29. The molecule has 0 aliphatic heterocycles. The van der Waals surface area contributed by atoms with Gasteiger partial charge >= 0.3 is 0 Å². The zero-order valence-electron chi connectivity index (χ0n) is 11.5. The van der Waals surface area contributed by atoms with Crippen molar-refractivity contribution in [1.29, 1.82) is 0 Å². The van der Waals surface area contributed by atoms with Gasteiger partial charge in [-0.25, -0.2) is 9.37 Å². The van der Waals surface area contributed by atoms with E-state index in [1.165, 1.54) is 0 Å². The molecule has 0 saturated heterocycles. The highest BCUT2D eigenvalue weighted by Crippen LogP contribution is 2.29. The molecule has 5 nitrogen and oxygen atoms in total. The Balaban J connectivity index is 2.07. The second kappa shape index (κ2) is 6.35. The van der Waals surface area contributed by atoms with Crippen LogP contribution in [-0.2, 0) is 4.79 Å². The molecule has 2 atom stereocenters. The third-order valence-corrected chi connectivity index (χ3v) is 3.50. The van der Waals surface area contributed by atoms with E-state index in [0.717, 1.165) is 25.5 Å². The Morgan fingerprint density at radius 3 is 2.95 bits per heavy atom. The van der Waals surface area contributed by atoms with Crippen LogP contribution in [0, 0.1) is 11.7 Å². The predicted molar refractivity (Wildman–Crippen MR) is 75.0 cm³/mol. The monoisotopic (exact) mass is 300 g/mol. The lowest BCUT2D eigenvalue weighted by atomic mass is 10.0. The van der Waals surface area contributed by atoms with Crippen molar-refractivity contribution in [3.05, 3.63) is 17.3 Å². The van der Waals surface area contributed by atoms with Gasteiger partial charge in [-0.3, -0.25) is 4.79 Å². The van der Waals surface area contributed by atoms with Crippen molar-refractivity contribution in [3.8, 4) is 0 Å². The number of amides is 1. The normalized spacial score (nSPS) is 22.1. The summed E-state index contributed by atoms with van der Waals surface area (Å²) in [6.45, 7) is 3.83. The first-order chi connectivity index (χ1) is 9.47. The van der Waals surface area contributed by atoms with Crippen LogP contribution >= 0.6 is 11.6 Å². The summed E-state index contributed by atoms with van der Waals surface area (Å²) in [6.07, 6.45) is 3.54. The van der Waals surface area contributed by atoms with E-state index >= 15 is 0 Å². The van der Waals surface area contributed by atoms with Gasteiger partial charge in [0.1, 0.15) is 0 Å². The Morgan fingerprint density at radius 2 is 2.25 bits per heavy atom. The van der Waals surface area contributed by atoms with Gasteiger partial charge in [0.2, 0.25) is 11.2 Å². The number of hydrogen-bond acceptors (Lipinski definition) is 4. The van der Waals surface area contributed by atoms with Crippen LogP contribution in [0.5, 0.6) is 0 Å². The lowest BCUT2D eigenvalue weighted by Gasteiger charge is -2.22. The molecule has 0 aromatic carbocycles. The highest BCUT2D eigenvalue weighted by Gasteiger charge is 2.33. The van der Waals surface area contributed by atoms with E-state index in [4.69, 9.17) is 11.6 Å². The summed E-state index contributed by atoms with van der Waals surface area (Å²) >= 11 is 5.66. The summed E-state index contributed by atoms with van der Waals surface area (Å²) in [4.78, 5) is 19.5. The van der Waals surface area contributed by atoms with Crippen molar-refractivity contribution in [1.82, 2.24) is 15.3 Å². The van der Waals surface area contributed by atoms with Gasteiger partial charge in [0.05, 0.1) is 12.1 Å². The summed E-state index contributed by atoms with van der Waals surface area (Å²) in [5, 5.41) is 5.86. The molecule has 1 saturated carbocycles. The van der Waals surface area contributed by atoms with Crippen LogP contribution in [0.25, 0.3) is 0 Å². The molecule has 7 heteroatoms. The molecule has 0 radical (unpaired) electrons. The molecule has 1 fully saturated rings. The van der Waals surface area contributed by atoms with Gasteiger partial charge in [0.25, 0.3) is 0 Å². The summed E-state index contributed by atoms with van der Waals surface area (Å²) < 4.78 is 13.6. The molecule has 2 N–H and O–H groups in total. The largest absolute Gasteiger partial charge is 0.364 e. The summed E-state index contributed by atoms with van der Waals surface area (Å²) in [7, 11) is 0. The Morgan fingerprint density at radius 1 is 1.50 bits per heavy atom. The molecule has 1 aromatic rings. The van der Waals surface area contributed by atoms with Gasteiger partial charge in [-0.15, -0.1) is 0 Å². The van der Waals surface area contributed by atoms with Gasteiger partial charge in [-0.2, -0.15) is 4.98 Å². The van der Waals surface area contributed by atoms with E-state index in [2.05, 4.69) is 20.6 Å². The number of nitrogens with one attached hydrogen (secondary N) is 2. The summed E-state index contributed by atoms with van der Waals surface area (Å²) in [6, 6.07) is -0.0387. The first kappa shape index (κ1) is 15.0. The number of anilines is 1. The molecule has 20 heavy (non-hydrogen) atoms. The van der Waals surface area contributed by atoms with Crippen LogP contribution in [0.15, 0.2) is 6.20 Å². The van der Waals surface area contributed by atoms with Gasteiger partial charge in [0, 0.05) is 12.1 Å². The van der Waals surface area contributed by atoms with Gasteiger partial charge in [-0.05, 0) is 38.3 Å². The molecule has 0 bridgehead atoms. The number of nitrogens with zero attached hydrogens (tertiary/aromatic N) is 2. The molecule has 1 amide bonds. The van der Waals surface area contributed by atoms with Crippen LogP contribution in [0.1, 0.15) is 33.1 Å². The van der Waals surface area contributed by atoms with Crippen LogP contribution in [0.4, 0.5) is 10.2 Å². The highest BCUT2D eigenvalue weighted by molar-refractivity contribution is 6.28. The fourth-order valence-corrected chi connectivity index (χ4v) is 2.59. The fraction of sp³-hybridized carbons (Fsp3) is 0.615. The smallest absolute Gasteiger partial charge is 0.225 e. The molecule has 1 aliphatic rings. The van der Waals surface area contributed by atoms with Crippen molar-refractivity contribution in [2.45, 2.75) is 45.2 Å². The fourth-order valence-electron chi connectivity index (χ4n) is 2.46. The number of carbonyl (C=O) groups excluding carboxylic acids is 1. The average molecular weight is 301 g/mol. The Labute approximate surface area is 122 Å². The van der Waals surface area contributed by atoms with E-state index in [1.807, 2.05) is 13.8 Å². The molecule has 0 unspecified atom stereocenters. The third-order valence-electron chi connectivity index (χ3n) is 3.32. The number of halogens is 2. The molecule has 1 aliphatic carbocycles. The maximum atomic E-state index is 13.6. The lowest BCUT2D eigenvalue weighted by Crippen LogP contribution is -2.41. The Bertz CT molecular complexity index is 497. The first-order valence-electron chi connectivity index (χ1n) is 6.72. The standard InChI is InChI=1S/C13H18ClFN4O/c1-7(2)17-12(20)8-4-3-5-10(8)18-11-9(15)6-16-13(14)19-11/h6-8,10H,3-5H2,1-2H3,(H,17,20)(H,16,18,19)/t8-,10+/m0/s1. The first-order valence-corrected chi connectivity index (χ1v) is 7.10. The number of rotatable bonds is 4. The van der Waals surface area contributed by atoms with E-state index in [-0.39, 0.29) is 35.0 Å². The quantitative estimate of drug-likeness (QED) is 0.838. The van der Waals surface area contributed by atoms with Crippen molar-refractivity contribution in [2.24, 2.45) is 5.92 Å². The highest BCUT2D eigenvalue weighted by atomic mass is 35.5. The number of aromatic nitrogens is 2. The molecule has 0 spiro atoms. The molecule has 1 heterocycles. The van der Waals surface area contributed by atoms with E-state index < -0.39 is 5.82 Å². The lowest BCUT2D eigenvalue weighted by molar-refractivity contribution is -0.125. The van der Waals surface area contributed by atoms with E-state index in [9.17, 15) is 9.18 Å². The minimum absolute atomic E-state index is 0.00411. The van der Waals surface area contributed by atoms with E-state index in [0.29, 0.717) is 0 Å². The van der Waals surface area contributed by atoms with Gasteiger partial charge < -0.3 is 10.6 Å². The van der Waals surface area contributed by atoms with Crippen LogP contribution in [-0.4, -0.2) is 28.0 Å². The minimum atomic E-state index is -0.565. The molecule has 2 rings (SSSR count). The van der Waals surface area contributed by atoms with Gasteiger partial charge in [-0.1, -0.05) is 6.42 Å². The van der Waals surface area contributed by atoms with Crippen LogP contribution in [0.2, 0.25) is 5.28 Å². The Hall–Kier alpha value is -1.43. The molecule has 110 valence electrons. The molecule has 1 aromatic heterocycles. The summed E-state index contributed by atoms with van der Waals surface area (Å²) in [5.41, 5.74) is 0. The number of carbonyl (C=O) groups is 1. The molecular formula is C13H18ClFN4O. The SMILES string of the molecule is CC(C)NC(=O)[C@H]1CCC[C@H]1Nc1nc(Cl)ncc1F. The maximum absolute atomic E-state index is 13.6. The Kier molecular flexibility index (Phi) is 4.75. The number of hydrogen-bond donors (Lipinski definition) is 2. The van der Waals surface area contributed by atoms with E-state index in [1.54, 1.807) is 0 Å². The second-order valence-corrected chi connectivity index (χ2v) is 5.63. The minimum Gasteiger partial charge on any atom is -0.364 e. The van der Waals surface area contributed by atoms with Crippen molar-refractivity contribution in [2.75, 3.05) is 5.32 Å². The zero-order chi connectivity index (χ0) is 14.7. The molecular weight excluding hydrogens is 283 g/mol. The third kappa shape index (κ3) is 3.56. The zero-order valence-corrected chi connectivity index (χ0v) is 12.2. The average Bonchev–Trinajstić information content (AvgIpc) is 2.81. The van der Waals surface area contributed by atoms with Crippen molar-refractivity contribution >= 4 is 23.3 Å². The predicted octanol–water partition coefficient (Wildman–Crippen LogP) is 2.37. The van der Waals surface area contributed by atoms with Crippen LogP contribution in [0.3, 0.4) is 0 Å². The van der Waals surface area contributed by atoms with Crippen molar-refractivity contribution in [3.63, 3.8) is 0 Å². The maximum Gasteiger partial charge on any atom is 0.225 e.